The van der Waals surface area contributed by atoms with Gasteiger partial charge in [-0.05, 0) is 55.9 Å². The molecule has 2 atom stereocenters. The molecule has 0 amide bonds. The number of anilines is 1. The molecular weight excluding hydrogens is 356 g/mol. The standard InChI is InChI=1S/C22H23ClN4/c23-17-8-9-20-19(13-17)21(25-15-24-20)26-22-11-4-7-18(10-12-22)27(22)14-16-5-2-1-3-6-16/h1-3,5-6,8-9,13,15,18H,4,7,10-12,14H2,(H,24,25,26). The highest BCUT2D eigenvalue weighted by atomic mass is 35.5. The van der Waals surface area contributed by atoms with Crippen molar-refractivity contribution in [2.24, 2.45) is 0 Å². The summed E-state index contributed by atoms with van der Waals surface area (Å²) in [5, 5.41) is 5.55. The van der Waals surface area contributed by atoms with Crippen LogP contribution in [-0.4, -0.2) is 26.6 Å². The van der Waals surface area contributed by atoms with E-state index in [2.05, 4.69) is 50.5 Å². The topological polar surface area (TPSA) is 41.1 Å². The first-order valence-corrected chi connectivity index (χ1v) is 10.1. The average molecular weight is 379 g/mol. The molecule has 2 fully saturated rings. The number of piperidine rings is 1. The van der Waals surface area contributed by atoms with Gasteiger partial charge in [-0.3, -0.25) is 4.90 Å². The normalized spacial score (nSPS) is 25.0. The van der Waals surface area contributed by atoms with Crippen LogP contribution >= 0.6 is 11.6 Å². The highest BCUT2D eigenvalue weighted by molar-refractivity contribution is 6.31. The summed E-state index contributed by atoms with van der Waals surface area (Å²) >= 11 is 6.25. The van der Waals surface area contributed by atoms with Crippen molar-refractivity contribution in [3.63, 3.8) is 0 Å². The summed E-state index contributed by atoms with van der Waals surface area (Å²) < 4.78 is 0. The number of aromatic nitrogens is 2. The van der Waals surface area contributed by atoms with Gasteiger partial charge in [0.2, 0.25) is 0 Å². The zero-order valence-corrected chi connectivity index (χ0v) is 16.0. The van der Waals surface area contributed by atoms with Crippen LogP contribution < -0.4 is 5.32 Å². The van der Waals surface area contributed by atoms with E-state index in [9.17, 15) is 0 Å². The van der Waals surface area contributed by atoms with Gasteiger partial charge in [-0.2, -0.15) is 0 Å². The van der Waals surface area contributed by atoms with Gasteiger partial charge >= 0.3 is 0 Å². The largest absolute Gasteiger partial charge is 0.351 e. The minimum atomic E-state index is -0.0393. The fourth-order valence-electron chi connectivity index (χ4n) is 4.86. The first-order valence-electron chi connectivity index (χ1n) is 9.73. The Balaban J connectivity index is 1.51. The Bertz CT molecular complexity index is 957. The predicted octanol–water partition coefficient (Wildman–Crippen LogP) is 5.24. The molecule has 2 aliphatic rings. The summed E-state index contributed by atoms with van der Waals surface area (Å²) in [7, 11) is 0. The molecule has 1 aromatic heterocycles. The molecule has 0 aliphatic carbocycles. The minimum absolute atomic E-state index is 0.0393. The van der Waals surface area contributed by atoms with Crippen molar-refractivity contribution in [1.82, 2.24) is 14.9 Å². The van der Waals surface area contributed by atoms with Gasteiger partial charge in [0.05, 0.1) is 11.2 Å². The third-order valence-electron chi connectivity index (χ3n) is 6.15. The molecule has 1 N–H and O–H groups in total. The molecule has 2 aromatic carbocycles. The maximum absolute atomic E-state index is 6.25. The van der Waals surface area contributed by atoms with Crippen LogP contribution in [0.4, 0.5) is 5.82 Å². The van der Waals surface area contributed by atoms with E-state index in [0.717, 1.165) is 36.1 Å². The zero-order valence-electron chi connectivity index (χ0n) is 15.2. The third kappa shape index (κ3) is 3.07. The fraction of sp³-hybridized carbons (Fsp3) is 0.364. The maximum atomic E-state index is 6.25. The van der Waals surface area contributed by atoms with Gasteiger partial charge in [0.1, 0.15) is 12.1 Å². The SMILES string of the molecule is Clc1ccc2ncnc(NC34CCCC(CC3)N4Cc3ccccc3)c2c1. The van der Waals surface area contributed by atoms with Gasteiger partial charge in [-0.15, -0.1) is 0 Å². The molecule has 3 aromatic rings. The quantitative estimate of drug-likeness (QED) is 0.674. The van der Waals surface area contributed by atoms with Gasteiger partial charge in [0, 0.05) is 23.0 Å². The van der Waals surface area contributed by atoms with Crippen molar-refractivity contribution in [2.75, 3.05) is 5.32 Å². The van der Waals surface area contributed by atoms with E-state index in [-0.39, 0.29) is 5.66 Å². The number of hydrogen-bond acceptors (Lipinski definition) is 4. The van der Waals surface area contributed by atoms with Crippen molar-refractivity contribution in [2.45, 2.75) is 50.4 Å². The summed E-state index contributed by atoms with van der Waals surface area (Å²) in [6.07, 6.45) is 7.72. The van der Waals surface area contributed by atoms with Crippen LogP contribution in [0.15, 0.2) is 54.9 Å². The van der Waals surface area contributed by atoms with Gasteiger partial charge < -0.3 is 5.32 Å². The van der Waals surface area contributed by atoms with Crippen LogP contribution in [0.5, 0.6) is 0 Å². The van der Waals surface area contributed by atoms with Crippen molar-refractivity contribution in [3.8, 4) is 0 Å². The minimum Gasteiger partial charge on any atom is -0.351 e. The molecule has 138 valence electrons. The average Bonchev–Trinajstić information content (AvgIpc) is 2.87. The van der Waals surface area contributed by atoms with Crippen LogP contribution in [-0.2, 0) is 6.54 Å². The van der Waals surface area contributed by atoms with Crippen LogP contribution in [0.1, 0.15) is 37.7 Å². The van der Waals surface area contributed by atoms with E-state index in [0.29, 0.717) is 11.1 Å². The Kier molecular flexibility index (Phi) is 4.25. The molecule has 5 heteroatoms. The first kappa shape index (κ1) is 17.0. The van der Waals surface area contributed by atoms with E-state index < -0.39 is 0 Å². The molecule has 2 bridgehead atoms. The van der Waals surface area contributed by atoms with E-state index in [4.69, 9.17) is 11.6 Å². The Morgan fingerprint density at radius 1 is 1.07 bits per heavy atom. The molecule has 2 aliphatic heterocycles. The second-order valence-corrected chi connectivity index (χ2v) is 8.17. The molecule has 2 saturated heterocycles. The molecule has 2 unspecified atom stereocenters. The lowest BCUT2D eigenvalue weighted by Gasteiger charge is -2.46. The number of nitrogens with zero attached hydrogens (tertiary/aromatic N) is 3. The molecule has 0 radical (unpaired) electrons. The van der Waals surface area contributed by atoms with Gasteiger partial charge in [0.25, 0.3) is 0 Å². The summed E-state index contributed by atoms with van der Waals surface area (Å²) in [6.45, 7) is 0.974. The van der Waals surface area contributed by atoms with E-state index >= 15 is 0 Å². The number of rotatable bonds is 4. The van der Waals surface area contributed by atoms with Crippen LogP contribution in [0.25, 0.3) is 10.9 Å². The Labute approximate surface area is 164 Å². The second-order valence-electron chi connectivity index (χ2n) is 7.74. The highest BCUT2D eigenvalue weighted by Crippen LogP contribution is 2.45. The fourth-order valence-corrected chi connectivity index (χ4v) is 5.03. The Morgan fingerprint density at radius 2 is 1.96 bits per heavy atom. The van der Waals surface area contributed by atoms with E-state index in [1.54, 1.807) is 6.33 Å². The van der Waals surface area contributed by atoms with Gasteiger partial charge in [-0.1, -0.05) is 41.9 Å². The maximum Gasteiger partial charge on any atom is 0.138 e. The Morgan fingerprint density at radius 3 is 2.85 bits per heavy atom. The smallest absolute Gasteiger partial charge is 0.138 e. The molecular formula is C22H23ClN4. The van der Waals surface area contributed by atoms with Crippen molar-refractivity contribution >= 4 is 28.3 Å². The number of fused-ring (bicyclic) bond motifs is 3. The summed E-state index contributed by atoms with van der Waals surface area (Å²) in [6, 6.07) is 17.2. The van der Waals surface area contributed by atoms with Crippen molar-refractivity contribution in [1.29, 1.82) is 0 Å². The highest BCUT2D eigenvalue weighted by Gasteiger charge is 2.48. The number of nitrogens with one attached hydrogen (secondary N) is 1. The lowest BCUT2D eigenvalue weighted by Crippen LogP contribution is -2.54. The second kappa shape index (κ2) is 6.77. The lowest BCUT2D eigenvalue weighted by molar-refractivity contribution is 0.0659. The zero-order chi connectivity index (χ0) is 18.3. The summed E-state index contributed by atoms with van der Waals surface area (Å²) in [5.74, 6) is 0.892. The molecule has 0 spiro atoms. The third-order valence-corrected chi connectivity index (χ3v) is 6.39. The Hall–Kier alpha value is -2.17. The number of halogens is 1. The molecule has 0 saturated carbocycles. The molecule has 27 heavy (non-hydrogen) atoms. The first-order chi connectivity index (χ1) is 13.2. The monoisotopic (exact) mass is 378 g/mol. The molecule has 3 heterocycles. The van der Waals surface area contributed by atoms with Crippen molar-refractivity contribution in [3.05, 3.63) is 65.4 Å². The molecule has 5 rings (SSSR count). The van der Waals surface area contributed by atoms with E-state index in [1.165, 1.54) is 24.8 Å². The van der Waals surface area contributed by atoms with Gasteiger partial charge in [-0.25, -0.2) is 9.97 Å². The lowest BCUT2D eigenvalue weighted by atomic mass is 9.95. The van der Waals surface area contributed by atoms with Crippen molar-refractivity contribution < 1.29 is 0 Å². The van der Waals surface area contributed by atoms with Crippen LogP contribution in [0, 0.1) is 0 Å². The van der Waals surface area contributed by atoms with E-state index in [1.807, 2.05) is 18.2 Å². The summed E-state index contributed by atoms with van der Waals surface area (Å²) in [4.78, 5) is 11.7. The molecule has 4 nitrogen and oxygen atoms in total. The predicted molar refractivity (Wildman–Crippen MR) is 110 cm³/mol. The summed E-state index contributed by atoms with van der Waals surface area (Å²) in [5.41, 5.74) is 2.25. The van der Waals surface area contributed by atoms with Crippen LogP contribution in [0.2, 0.25) is 5.02 Å². The van der Waals surface area contributed by atoms with Crippen LogP contribution in [0.3, 0.4) is 0 Å². The number of benzene rings is 2. The number of hydrogen-bond donors (Lipinski definition) is 1. The van der Waals surface area contributed by atoms with Gasteiger partial charge in [0.15, 0.2) is 0 Å².